The normalized spacial score (nSPS) is 10.4. The van der Waals surface area contributed by atoms with Crippen molar-refractivity contribution in [2.24, 2.45) is 0 Å². The summed E-state index contributed by atoms with van der Waals surface area (Å²) in [6.07, 6.45) is 0. The van der Waals surface area contributed by atoms with Crippen LogP contribution in [0.5, 0.6) is 0 Å². The van der Waals surface area contributed by atoms with Gasteiger partial charge >= 0.3 is 0 Å². The van der Waals surface area contributed by atoms with Gasteiger partial charge in [-0.05, 0) is 23.7 Å². The molecule has 0 saturated carbocycles. The van der Waals surface area contributed by atoms with E-state index in [1.807, 2.05) is 48.5 Å². The van der Waals surface area contributed by atoms with Gasteiger partial charge in [0.15, 0.2) is 0 Å². The average Bonchev–Trinajstić information content (AvgIpc) is 2.90. The fraction of sp³-hybridized carbons (Fsp3) is 0. The Kier molecular flexibility index (Phi) is 3.31. The Hall–Kier alpha value is -2.46. The third kappa shape index (κ3) is 2.33. The van der Waals surface area contributed by atoms with E-state index in [1.165, 1.54) is 21.6 Å². The van der Waals surface area contributed by atoms with Gasteiger partial charge < -0.3 is 0 Å². The molecule has 0 aliphatic heterocycles. The molecule has 1 aromatic heterocycles. The molecule has 0 amide bonds. The number of aromatic nitrogens is 1. The molecule has 0 unspecified atom stereocenters. The van der Waals surface area contributed by atoms with Crippen molar-refractivity contribution >= 4 is 17.3 Å². The van der Waals surface area contributed by atoms with Crippen molar-refractivity contribution in [1.29, 1.82) is 0 Å². The van der Waals surface area contributed by atoms with Crippen molar-refractivity contribution in [3.8, 4) is 5.69 Å². The molecule has 0 aliphatic carbocycles. The van der Waals surface area contributed by atoms with Gasteiger partial charge in [-0.3, -0.25) is 9.59 Å². The van der Waals surface area contributed by atoms with Gasteiger partial charge in [0.2, 0.25) is 5.78 Å². The van der Waals surface area contributed by atoms with Crippen LogP contribution in [0.4, 0.5) is 0 Å². The quantitative estimate of drug-likeness (QED) is 0.692. The second-order valence-corrected chi connectivity index (χ2v) is 5.25. The van der Waals surface area contributed by atoms with E-state index in [2.05, 4.69) is 0 Å². The predicted molar refractivity (Wildman–Crippen MR) is 79.8 cm³/mol. The highest BCUT2D eigenvalue weighted by atomic mass is 32.1. The number of rotatable bonds is 3. The molecule has 2 aromatic carbocycles. The van der Waals surface area contributed by atoms with Gasteiger partial charge in [-0.15, -0.1) is 0 Å². The van der Waals surface area contributed by atoms with Crippen molar-refractivity contribution in [2.45, 2.75) is 0 Å². The third-order valence-corrected chi connectivity index (χ3v) is 3.97. The monoisotopic (exact) mass is 281 g/mol. The van der Waals surface area contributed by atoms with Gasteiger partial charge in [0.05, 0.1) is 10.6 Å². The summed E-state index contributed by atoms with van der Waals surface area (Å²) in [5, 5.41) is 0. The summed E-state index contributed by atoms with van der Waals surface area (Å²) < 4.78 is 1.52. The molecule has 1 heterocycles. The Morgan fingerprint density at radius 2 is 1.50 bits per heavy atom. The standard InChI is InChI=1S/C16H11NO2S/c18-15-11-14(16(19)12-7-3-1-4-8-12)20-17(15)13-9-5-2-6-10-13/h1-11H. The van der Waals surface area contributed by atoms with Crippen LogP contribution < -0.4 is 5.56 Å². The number of carbonyl (C=O) groups is 1. The van der Waals surface area contributed by atoms with Crippen LogP contribution in [0.2, 0.25) is 0 Å². The minimum Gasteiger partial charge on any atom is -0.288 e. The highest BCUT2D eigenvalue weighted by Crippen LogP contribution is 2.16. The molecule has 3 rings (SSSR count). The van der Waals surface area contributed by atoms with Crippen molar-refractivity contribution in [1.82, 2.24) is 3.96 Å². The maximum Gasteiger partial charge on any atom is 0.266 e. The van der Waals surface area contributed by atoms with Gasteiger partial charge in [-0.25, -0.2) is 3.96 Å². The maximum absolute atomic E-state index is 12.3. The number of hydrogen-bond donors (Lipinski definition) is 0. The lowest BCUT2D eigenvalue weighted by atomic mass is 10.1. The molecule has 0 saturated heterocycles. The Bertz CT molecular complexity index is 788. The van der Waals surface area contributed by atoms with Crippen LogP contribution in [0.3, 0.4) is 0 Å². The summed E-state index contributed by atoms with van der Waals surface area (Å²) in [4.78, 5) is 24.7. The second kappa shape index (κ2) is 5.27. The van der Waals surface area contributed by atoms with Crippen LogP contribution in [-0.2, 0) is 0 Å². The lowest BCUT2D eigenvalue weighted by Crippen LogP contribution is -2.08. The molecular formula is C16H11NO2S. The lowest BCUT2D eigenvalue weighted by Gasteiger charge is -1.99. The third-order valence-electron chi connectivity index (χ3n) is 2.89. The van der Waals surface area contributed by atoms with Crippen molar-refractivity contribution in [3.63, 3.8) is 0 Å². The zero-order valence-corrected chi connectivity index (χ0v) is 11.3. The van der Waals surface area contributed by atoms with E-state index in [9.17, 15) is 9.59 Å². The second-order valence-electron chi connectivity index (χ2n) is 4.26. The average molecular weight is 281 g/mol. The largest absolute Gasteiger partial charge is 0.288 e. The Balaban J connectivity index is 2.02. The van der Waals surface area contributed by atoms with E-state index in [0.717, 1.165) is 5.69 Å². The molecular weight excluding hydrogens is 270 g/mol. The minimum absolute atomic E-state index is 0.123. The van der Waals surface area contributed by atoms with Crippen LogP contribution in [-0.4, -0.2) is 9.74 Å². The molecule has 20 heavy (non-hydrogen) atoms. The smallest absolute Gasteiger partial charge is 0.266 e. The first-order chi connectivity index (χ1) is 9.75. The first kappa shape index (κ1) is 12.6. The van der Waals surface area contributed by atoms with Crippen LogP contribution >= 0.6 is 11.5 Å². The van der Waals surface area contributed by atoms with Gasteiger partial charge in [0.25, 0.3) is 5.56 Å². The number of ketones is 1. The number of hydrogen-bond acceptors (Lipinski definition) is 3. The Morgan fingerprint density at radius 3 is 2.15 bits per heavy atom. The molecule has 3 aromatic rings. The Morgan fingerprint density at radius 1 is 0.900 bits per heavy atom. The zero-order valence-electron chi connectivity index (χ0n) is 10.5. The van der Waals surface area contributed by atoms with Crippen molar-refractivity contribution in [3.05, 3.63) is 87.5 Å². The van der Waals surface area contributed by atoms with Crippen molar-refractivity contribution < 1.29 is 4.79 Å². The number of benzene rings is 2. The van der Waals surface area contributed by atoms with Crippen LogP contribution in [0.1, 0.15) is 15.2 Å². The molecule has 98 valence electrons. The molecule has 0 spiro atoms. The van der Waals surface area contributed by atoms with Crippen LogP contribution in [0, 0.1) is 0 Å². The van der Waals surface area contributed by atoms with Gasteiger partial charge in [-0.2, -0.15) is 0 Å². The summed E-state index contributed by atoms with van der Waals surface area (Å²) in [5.74, 6) is -0.123. The summed E-state index contributed by atoms with van der Waals surface area (Å²) in [7, 11) is 0. The minimum atomic E-state index is -0.180. The summed E-state index contributed by atoms with van der Waals surface area (Å²) >= 11 is 1.17. The summed E-state index contributed by atoms with van der Waals surface area (Å²) in [6, 6.07) is 19.7. The molecule has 0 fully saturated rings. The van der Waals surface area contributed by atoms with E-state index in [-0.39, 0.29) is 11.3 Å². The molecule has 0 N–H and O–H groups in total. The predicted octanol–water partition coefficient (Wildman–Crippen LogP) is 3.13. The lowest BCUT2D eigenvalue weighted by molar-refractivity contribution is 0.104. The summed E-state index contributed by atoms with van der Waals surface area (Å²) in [6.45, 7) is 0. The van der Waals surface area contributed by atoms with Gasteiger partial charge in [-0.1, -0.05) is 48.5 Å². The maximum atomic E-state index is 12.3. The molecule has 0 radical (unpaired) electrons. The Labute approximate surface area is 119 Å². The topological polar surface area (TPSA) is 39.1 Å². The molecule has 4 heteroatoms. The van der Waals surface area contributed by atoms with E-state index in [4.69, 9.17) is 0 Å². The van der Waals surface area contributed by atoms with Crippen molar-refractivity contribution in [2.75, 3.05) is 0 Å². The van der Waals surface area contributed by atoms with Gasteiger partial charge in [0, 0.05) is 11.6 Å². The highest BCUT2D eigenvalue weighted by Gasteiger charge is 2.14. The number of carbonyl (C=O) groups excluding carboxylic acids is 1. The van der Waals surface area contributed by atoms with Crippen LogP contribution in [0.15, 0.2) is 71.5 Å². The molecule has 0 atom stereocenters. The first-order valence-electron chi connectivity index (χ1n) is 6.14. The van der Waals surface area contributed by atoms with E-state index < -0.39 is 0 Å². The number of para-hydroxylation sites is 1. The van der Waals surface area contributed by atoms with Crippen LogP contribution in [0.25, 0.3) is 5.69 Å². The number of nitrogens with zero attached hydrogens (tertiary/aromatic N) is 1. The van der Waals surface area contributed by atoms with E-state index >= 15 is 0 Å². The first-order valence-corrected chi connectivity index (χ1v) is 6.91. The highest BCUT2D eigenvalue weighted by molar-refractivity contribution is 7.09. The van der Waals surface area contributed by atoms with E-state index in [0.29, 0.717) is 10.4 Å². The molecule has 3 nitrogen and oxygen atoms in total. The SMILES string of the molecule is O=C(c1ccccc1)c1cc(=O)n(-c2ccccc2)s1. The fourth-order valence-corrected chi connectivity index (χ4v) is 2.84. The van der Waals surface area contributed by atoms with E-state index in [1.54, 1.807) is 12.1 Å². The molecule has 0 bridgehead atoms. The zero-order chi connectivity index (χ0) is 13.9. The molecule has 0 aliphatic rings. The summed E-state index contributed by atoms with van der Waals surface area (Å²) in [5.41, 5.74) is 1.18. The fourth-order valence-electron chi connectivity index (χ4n) is 1.92. The van der Waals surface area contributed by atoms with Gasteiger partial charge in [0.1, 0.15) is 0 Å².